The smallest absolute Gasteiger partial charge is 0.337 e. The Labute approximate surface area is 119 Å². The number of hydrogen-bond acceptors (Lipinski definition) is 2. The van der Waals surface area contributed by atoms with E-state index in [0.29, 0.717) is 10.4 Å². The predicted octanol–water partition coefficient (Wildman–Crippen LogP) is 3.07. The van der Waals surface area contributed by atoms with E-state index in [1.165, 1.54) is 6.07 Å². The number of carboxylic acids is 1. The van der Waals surface area contributed by atoms with Crippen LogP contribution in [0.15, 0.2) is 22.7 Å². The third-order valence-electron chi connectivity index (χ3n) is 3.15. The predicted molar refractivity (Wildman–Crippen MR) is 75.4 cm³/mol. The first kappa shape index (κ1) is 13.9. The molecule has 0 heterocycles. The molecule has 0 bridgehead atoms. The van der Waals surface area contributed by atoms with E-state index >= 15 is 0 Å². The zero-order chi connectivity index (χ0) is 14.0. The maximum atomic E-state index is 11.8. The van der Waals surface area contributed by atoms with E-state index in [0.717, 1.165) is 12.8 Å². The van der Waals surface area contributed by atoms with Crippen molar-refractivity contribution in [2.45, 2.75) is 25.8 Å². The van der Waals surface area contributed by atoms with Gasteiger partial charge in [-0.05, 0) is 43.9 Å². The highest BCUT2D eigenvalue weighted by Gasteiger charge is 2.29. The van der Waals surface area contributed by atoms with E-state index < -0.39 is 5.97 Å². The number of carbonyl (C=O) groups is 2. The van der Waals surface area contributed by atoms with Gasteiger partial charge >= 0.3 is 12.0 Å². The van der Waals surface area contributed by atoms with Crippen molar-refractivity contribution in [1.82, 2.24) is 5.32 Å². The molecule has 19 heavy (non-hydrogen) atoms. The molecular formula is C13H15BrN2O3. The highest BCUT2D eigenvalue weighted by Crippen LogP contribution is 2.32. The number of hydrogen-bond donors (Lipinski definition) is 3. The minimum Gasteiger partial charge on any atom is -0.478 e. The SMILES string of the molecule is CC(NC(=O)Nc1cc(Br)ccc1C(=O)O)C1CC1. The Kier molecular flexibility index (Phi) is 4.09. The number of urea groups is 1. The molecule has 6 heteroatoms. The maximum absolute atomic E-state index is 11.8. The Bertz CT molecular complexity index is 515. The highest BCUT2D eigenvalue weighted by atomic mass is 79.9. The van der Waals surface area contributed by atoms with Crippen molar-refractivity contribution in [3.05, 3.63) is 28.2 Å². The average Bonchev–Trinajstić information content (AvgIpc) is 3.11. The zero-order valence-corrected chi connectivity index (χ0v) is 12.0. The number of benzene rings is 1. The molecule has 0 saturated heterocycles. The fourth-order valence-electron chi connectivity index (χ4n) is 1.89. The lowest BCUT2D eigenvalue weighted by molar-refractivity contribution is 0.0698. The lowest BCUT2D eigenvalue weighted by Gasteiger charge is -2.15. The molecular weight excluding hydrogens is 312 g/mol. The van der Waals surface area contributed by atoms with Gasteiger partial charge in [-0.1, -0.05) is 15.9 Å². The van der Waals surface area contributed by atoms with Gasteiger partial charge in [0.05, 0.1) is 11.3 Å². The average molecular weight is 327 g/mol. The topological polar surface area (TPSA) is 78.4 Å². The molecule has 0 radical (unpaired) electrons. The second kappa shape index (κ2) is 5.61. The molecule has 1 fully saturated rings. The molecule has 1 aromatic carbocycles. The van der Waals surface area contributed by atoms with E-state index in [1.54, 1.807) is 12.1 Å². The molecule has 3 N–H and O–H groups in total. The van der Waals surface area contributed by atoms with Gasteiger partial charge in [0, 0.05) is 10.5 Å². The van der Waals surface area contributed by atoms with Crippen LogP contribution in [-0.4, -0.2) is 23.1 Å². The van der Waals surface area contributed by atoms with Gasteiger partial charge in [0.15, 0.2) is 0 Å². The second-order valence-electron chi connectivity index (χ2n) is 4.72. The largest absolute Gasteiger partial charge is 0.478 e. The first-order chi connectivity index (χ1) is 8.97. The van der Waals surface area contributed by atoms with Gasteiger partial charge in [0.1, 0.15) is 0 Å². The number of carboxylic acid groups (broad SMARTS) is 1. The minimum atomic E-state index is -1.07. The molecule has 0 aromatic heterocycles. The summed E-state index contributed by atoms with van der Waals surface area (Å²) in [5, 5.41) is 14.5. The number of amides is 2. The van der Waals surface area contributed by atoms with Crippen molar-refractivity contribution < 1.29 is 14.7 Å². The second-order valence-corrected chi connectivity index (χ2v) is 5.64. The normalized spacial score (nSPS) is 15.7. The highest BCUT2D eigenvalue weighted by molar-refractivity contribution is 9.10. The monoisotopic (exact) mass is 326 g/mol. The molecule has 1 unspecified atom stereocenters. The van der Waals surface area contributed by atoms with Gasteiger partial charge in [0.25, 0.3) is 0 Å². The molecule has 2 rings (SSSR count). The summed E-state index contributed by atoms with van der Waals surface area (Å²) in [6.45, 7) is 1.95. The van der Waals surface area contributed by atoms with E-state index in [4.69, 9.17) is 5.11 Å². The summed E-state index contributed by atoms with van der Waals surface area (Å²) in [5.41, 5.74) is 0.347. The Morgan fingerprint density at radius 3 is 2.68 bits per heavy atom. The van der Waals surface area contributed by atoms with E-state index in [2.05, 4.69) is 26.6 Å². The molecule has 1 aliphatic carbocycles. The quantitative estimate of drug-likeness (QED) is 0.795. The molecule has 0 spiro atoms. The molecule has 1 aromatic rings. The lowest BCUT2D eigenvalue weighted by atomic mass is 10.2. The summed E-state index contributed by atoms with van der Waals surface area (Å²) in [6, 6.07) is 4.39. The Balaban J connectivity index is 2.06. The third kappa shape index (κ3) is 3.70. The number of anilines is 1. The van der Waals surface area contributed by atoms with Gasteiger partial charge < -0.3 is 15.7 Å². The first-order valence-corrected chi connectivity index (χ1v) is 6.87. The minimum absolute atomic E-state index is 0.0671. The van der Waals surface area contributed by atoms with Crippen LogP contribution < -0.4 is 10.6 Å². The van der Waals surface area contributed by atoms with Gasteiger partial charge in [-0.15, -0.1) is 0 Å². The molecule has 1 aliphatic rings. The van der Waals surface area contributed by atoms with Crippen LogP contribution in [0.3, 0.4) is 0 Å². The fourth-order valence-corrected chi connectivity index (χ4v) is 2.25. The van der Waals surface area contributed by atoms with Crippen molar-refractivity contribution in [2.75, 3.05) is 5.32 Å². The third-order valence-corrected chi connectivity index (χ3v) is 3.64. The van der Waals surface area contributed by atoms with Crippen LogP contribution in [0.4, 0.5) is 10.5 Å². The van der Waals surface area contributed by atoms with Gasteiger partial charge in [-0.3, -0.25) is 0 Å². The van der Waals surface area contributed by atoms with Crippen molar-refractivity contribution in [2.24, 2.45) is 5.92 Å². The van der Waals surface area contributed by atoms with E-state index in [1.807, 2.05) is 6.92 Å². The molecule has 1 saturated carbocycles. The Morgan fingerprint density at radius 2 is 2.11 bits per heavy atom. The number of carbonyl (C=O) groups excluding carboxylic acids is 1. The van der Waals surface area contributed by atoms with Crippen molar-refractivity contribution in [3.8, 4) is 0 Å². The molecule has 2 amide bonds. The summed E-state index contributed by atoms with van der Waals surface area (Å²) >= 11 is 3.25. The Morgan fingerprint density at radius 1 is 1.42 bits per heavy atom. The van der Waals surface area contributed by atoms with Gasteiger partial charge in [-0.2, -0.15) is 0 Å². The standard InChI is InChI=1S/C13H15BrN2O3/c1-7(8-2-3-8)15-13(19)16-11-6-9(14)4-5-10(11)12(17)18/h4-8H,2-3H2,1H3,(H,17,18)(H2,15,16,19). The van der Waals surface area contributed by atoms with Crippen molar-refractivity contribution >= 4 is 33.6 Å². The number of aromatic carboxylic acids is 1. The van der Waals surface area contributed by atoms with Crippen LogP contribution in [0.5, 0.6) is 0 Å². The van der Waals surface area contributed by atoms with Crippen LogP contribution in [0.25, 0.3) is 0 Å². The van der Waals surface area contributed by atoms with Crippen LogP contribution in [0.2, 0.25) is 0 Å². The molecule has 1 atom stereocenters. The van der Waals surface area contributed by atoms with E-state index in [9.17, 15) is 9.59 Å². The fraction of sp³-hybridized carbons (Fsp3) is 0.385. The summed E-state index contributed by atoms with van der Waals surface area (Å²) in [5.74, 6) is -0.523. The lowest BCUT2D eigenvalue weighted by Crippen LogP contribution is -2.37. The van der Waals surface area contributed by atoms with Crippen molar-refractivity contribution in [3.63, 3.8) is 0 Å². The summed E-state index contributed by atoms with van der Waals surface area (Å²) < 4.78 is 0.711. The van der Waals surface area contributed by atoms with Crippen LogP contribution >= 0.6 is 15.9 Å². The summed E-state index contributed by atoms with van der Waals surface area (Å²) in [6.07, 6.45) is 2.28. The maximum Gasteiger partial charge on any atom is 0.337 e. The van der Waals surface area contributed by atoms with Crippen molar-refractivity contribution in [1.29, 1.82) is 0 Å². The van der Waals surface area contributed by atoms with Gasteiger partial charge in [0.2, 0.25) is 0 Å². The summed E-state index contributed by atoms with van der Waals surface area (Å²) in [4.78, 5) is 22.9. The molecule has 0 aliphatic heterocycles. The first-order valence-electron chi connectivity index (χ1n) is 6.07. The molecule has 102 valence electrons. The molecule has 5 nitrogen and oxygen atoms in total. The van der Waals surface area contributed by atoms with Crippen LogP contribution in [-0.2, 0) is 0 Å². The Hall–Kier alpha value is -1.56. The number of halogens is 1. The number of rotatable bonds is 4. The zero-order valence-electron chi connectivity index (χ0n) is 10.4. The van der Waals surface area contributed by atoms with Crippen LogP contribution in [0, 0.1) is 5.92 Å². The summed E-state index contributed by atoms with van der Waals surface area (Å²) in [7, 11) is 0. The van der Waals surface area contributed by atoms with Gasteiger partial charge in [-0.25, -0.2) is 9.59 Å². The number of nitrogens with one attached hydrogen (secondary N) is 2. The van der Waals surface area contributed by atoms with E-state index in [-0.39, 0.29) is 23.3 Å². The van der Waals surface area contributed by atoms with Crippen LogP contribution in [0.1, 0.15) is 30.1 Å².